The highest BCUT2D eigenvalue weighted by molar-refractivity contribution is 4.70. The van der Waals surface area contributed by atoms with Gasteiger partial charge in [-0.2, -0.15) is 0 Å². The van der Waals surface area contributed by atoms with Gasteiger partial charge < -0.3 is 10.6 Å². The average molecular weight is 487 g/mol. The summed E-state index contributed by atoms with van der Waals surface area (Å²) in [5.74, 6) is 0. The molecule has 0 fully saturated rings. The lowest BCUT2D eigenvalue weighted by Gasteiger charge is -2.16. The molecule has 0 unspecified atom stereocenters. The molecule has 0 bridgehead atoms. The first-order valence-corrected chi connectivity index (χ1v) is 13.8. The molecule has 0 radical (unpaired) electrons. The Hall–Kier alpha value is -1.28. The Morgan fingerprint density at radius 1 is 0.471 bits per heavy atom. The maximum atomic E-state index is 10.8. The molecule has 0 aromatic heterocycles. The summed E-state index contributed by atoms with van der Waals surface area (Å²) in [5.41, 5.74) is -1.75. The molecule has 0 saturated carbocycles. The molecule has 0 aliphatic carbocycles. The van der Waals surface area contributed by atoms with Crippen LogP contribution in [0, 0.1) is 20.2 Å². The molecule has 0 aromatic rings. The van der Waals surface area contributed by atoms with E-state index in [0.29, 0.717) is 13.1 Å². The Kier molecular flexibility index (Phi) is 19.2. The number of rotatable bonds is 25. The summed E-state index contributed by atoms with van der Waals surface area (Å²) in [4.78, 5) is 21.3. The molecular formula is C26H54N4O4. The number of nitro groups is 2. The molecule has 0 aliphatic heterocycles. The molecule has 0 aliphatic rings. The van der Waals surface area contributed by atoms with Crippen LogP contribution in [-0.2, 0) is 0 Å². The van der Waals surface area contributed by atoms with Crippen molar-refractivity contribution in [1.29, 1.82) is 0 Å². The van der Waals surface area contributed by atoms with E-state index in [4.69, 9.17) is 0 Å². The minimum Gasteiger partial charge on any atom is -0.310 e. The van der Waals surface area contributed by atoms with Gasteiger partial charge in [0.2, 0.25) is 11.1 Å². The molecule has 0 heterocycles. The van der Waals surface area contributed by atoms with Crippen LogP contribution in [0.5, 0.6) is 0 Å². The van der Waals surface area contributed by atoms with Crippen molar-refractivity contribution in [2.24, 2.45) is 0 Å². The van der Waals surface area contributed by atoms with Crippen LogP contribution < -0.4 is 10.6 Å². The van der Waals surface area contributed by atoms with Gasteiger partial charge in [0.25, 0.3) is 0 Å². The molecule has 0 spiro atoms. The van der Waals surface area contributed by atoms with Crippen molar-refractivity contribution in [3.05, 3.63) is 20.2 Å². The topological polar surface area (TPSA) is 110 Å². The van der Waals surface area contributed by atoms with Gasteiger partial charge in [-0.15, -0.1) is 0 Å². The van der Waals surface area contributed by atoms with E-state index < -0.39 is 11.1 Å². The minimum atomic E-state index is -0.875. The number of hydrogen-bond acceptors (Lipinski definition) is 6. The third kappa shape index (κ3) is 19.1. The normalized spacial score (nSPS) is 12.2. The Bertz CT molecular complexity index is 481. The van der Waals surface area contributed by atoms with E-state index in [2.05, 4.69) is 10.6 Å². The largest absolute Gasteiger partial charge is 0.310 e. The zero-order valence-corrected chi connectivity index (χ0v) is 22.7. The molecule has 8 heteroatoms. The number of nitrogens with one attached hydrogen (secondary N) is 2. The Balaban J connectivity index is 3.21. The summed E-state index contributed by atoms with van der Waals surface area (Å²) in [6, 6.07) is 0. The van der Waals surface area contributed by atoms with Crippen LogP contribution in [0.15, 0.2) is 0 Å². The van der Waals surface area contributed by atoms with E-state index in [-0.39, 0.29) is 9.85 Å². The minimum absolute atomic E-state index is 0.212. The van der Waals surface area contributed by atoms with Gasteiger partial charge in [0.1, 0.15) is 0 Å². The fraction of sp³-hybridized carbons (Fsp3) is 1.00. The lowest BCUT2D eigenvalue weighted by Crippen LogP contribution is -2.42. The third-order valence-electron chi connectivity index (χ3n) is 6.56. The maximum Gasteiger partial charge on any atom is 0.228 e. The van der Waals surface area contributed by atoms with Gasteiger partial charge in [-0.25, -0.2) is 0 Å². The average Bonchev–Trinajstić information content (AvgIpc) is 2.76. The Morgan fingerprint density at radius 3 is 0.882 bits per heavy atom. The summed E-state index contributed by atoms with van der Waals surface area (Å²) >= 11 is 0. The van der Waals surface area contributed by atoms with Crippen molar-refractivity contribution in [3.8, 4) is 0 Å². The molecule has 8 nitrogen and oxygen atoms in total. The van der Waals surface area contributed by atoms with Crippen molar-refractivity contribution >= 4 is 0 Å². The van der Waals surface area contributed by atoms with Gasteiger partial charge in [0.05, 0.1) is 13.1 Å². The highest BCUT2D eigenvalue weighted by atomic mass is 16.6. The summed E-state index contributed by atoms with van der Waals surface area (Å²) in [5, 5.41) is 28.1. The van der Waals surface area contributed by atoms with Crippen molar-refractivity contribution in [1.82, 2.24) is 10.6 Å². The first-order valence-electron chi connectivity index (χ1n) is 13.8. The van der Waals surface area contributed by atoms with E-state index in [9.17, 15) is 20.2 Å². The van der Waals surface area contributed by atoms with Gasteiger partial charge in [0, 0.05) is 37.5 Å². The highest BCUT2D eigenvalue weighted by Gasteiger charge is 2.30. The number of hydrogen-bond donors (Lipinski definition) is 2. The van der Waals surface area contributed by atoms with Crippen molar-refractivity contribution in [3.63, 3.8) is 0 Å². The highest BCUT2D eigenvalue weighted by Crippen LogP contribution is 2.14. The first kappa shape index (κ1) is 32.7. The standard InChI is InChI=1S/C26H54N4O4/c1-25(2,29(31)32)23-27-21-19-17-15-13-11-9-7-5-6-8-10-12-14-16-18-20-22-28-24-26(3,4)30(33)34/h27-28H,5-24H2,1-4H3. The van der Waals surface area contributed by atoms with Crippen LogP contribution in [0.4, 0.5) is 0 Å². The molecule has 0 atom stereocenters. The van der Waals surface area contributed by atoms with Crippen LogP contribution >= 0.6 is 0 Å². The molecule has 34 heavy (non-hydrogen) atoms. The van der Waals surface area contributed by atoms with E-state index in [1.807, 2.05) is 0 Å². The summed E-state index contributed by atoms with van der Waals surface area (Å²) in [6.45, 7) is 9.27. The van der Waals surface area contributed by atoms with Gasteiger partial charge in [0.15, 0.2) is 0 Å². The van der Waals surface area contributed by atoms with E-state index >= 15 is 0 Å². The monoisotopic (exact) mass is 486 g/mol. The predicted molar refractivity (Wildman–Crippen MR) is 142 cm³/mol. The maximum absolute atomic E-state index is 10.8. The summed E-state index contributed by atoms with van der Waals surface area (Å²) < 4.78 is 0. The Labute approximate surface area is 208 Å². The van der Waals surface area contributed by atoms with Crippen LogP contribution in [0.1, 0.15) is 130 Å². The number of unbranched alkanes of at least 4 members (excludes halogenated alkanes) is 15. The van der Waals surface area contributed by atoms with Gasteiger partial charge in [-0.3, -0.25) is 20.2 Å². The summed E-state index contributed by atoms with van der Waals surface area (Å²) in [6.07, 6.45) is 20.6. The molecule has 2 N–H and O–H groups in total. The second-order valence-electron chi connectivity index (χ2n) is 11.1. The fourth-order valence-corrected chi connectivity index (χ4v) is 3.89. The van der Waals surface area contributed by atoms with E-state index in [1.54, 1.807) is 27.7 Å². The van der Waals surface area contributed by atoms with Gasteiger partial charge in [-0.1, -0.05) is 89.9 Å². The molecule has 202 valence electrons. The van der Waals surface area contributed by atoms with Gasteiger partial charge >= 0.3 is 0 Å². The van der Waals surface area contributed by atoms with Crippen molar-refractivity contribution in [2.75, 3.05) is 26.2 Å². The fourth-order valence-electron chi connectivity index (χ4n) is 3.89. The zero-order chi connectivity index (χ0) is 25.7. The molecule has 0 amide bonds. The quantitative estimate of drug-likeness (QED) is 0.0863. The van der Waals surface area contributed by atoms with Crippen LogP contribution in [0.25, 0.3) is 0 Å². The van der Waals surface area contributed by atoms with E-state index in [0.717, 1.165) is 25.9 Å². The Morgan fingerprint density at radius 2 is 0.676 bits per heavy atom. The van der Waals surface area contributed by atoms with Crippen LogP contribution in [-0.4, -0.2) is 47.1 Å². The lowest BCUT2D eigenvalue weighted by molar-refractivity contribution is -0.558. The smallest absolute Gasteiger partial charge is 0.228 e. The second kappa shape index (κ2) is 20.0. The first-order chi connectivity index (χ1) is 16.1. The number of nitrogens with zero attached hydrogens (tertiary/aromatic N) is 2. The molecule has 0 aromatic carbocycles. The van der Waals surface area contributed by atoms with Crippen molar-refractivity contribution in [2.45, 2.75) is 142 Å². The van der Waals surface area contributed by atoms with E-state index in [1.165, 1.54) is 89.9 Å². The predicted octanol–water partition coefficient (Wildman–Crippen LogP) is 6.52. The molecular weight excluding hydrogens is 432 g/mol. The molecule has 0 rings (SSSR count). The van der Waals surface area contributed by atoms with Gasteiger partial charge in [-0.05, 0) is 25.9 Å². The van der Waals surface area contributed by atoms with Crippen LogP contribution in [0.2, 0.25) is 0 Å². The second-order valence-corrected chi connectivity index (χ2v) is 11.1. The molecule has 0 saturated heterocycles. The lowest BCUT2D eigenvalue weighted by atomic mass is 10.0. The zero-order valence-electron chi connectivity index (χ0n) is 22.7. The third-order valence-corrected chi connectivity index (χ3v) is 6.56. The summed E-state index contributed by atoms with van der Waals surface area (Å²) in [7, 11) is 0. The SMILES string of the molecule is CC(C)(CNCCCCCCCCCCCCCCCCCCNCC(C)(C)[N+](=O)[O-])[N+](=O)[O-]. The van der Waals surface area contributed by atoms with Crippen molar-refractivity contribution < 1.29 is 9.85 Å². The van der Waals surface area contributed by atoms with Crippen LogP contribution in [0.3, 0.4) is 0 Å².